The fraction of sp³-hybridized carbons (Fsp3) is 0.259. The molecule has 0 unspecified atom stereocenters. The second kappa shape index (κ2) is 12.9. The van der Waals surface area contributed by atoms with Gasteiger partial charge in [-0.1, -0.05) is 36.4 Å². The first-order valence-corrected chi connectivity index (χ1v) is 12.1. The zero-order valence-corrected chi connectivity index (χ0v) is 22.1. The molecule has 40 heavy (non-hydrogen) atoms. The Morgan fingerprint density at radius 3 is 2.00 bits per heavy atom. The van der Waals surface area contributed by atoms with Gasteiger partial charge in [-0.25, -0.2) is 0 Å². The van der Waals surface area contributed by atoms with Gasteiger partial charge in [0.15, 0.2) is 16.6 Å². The van der Waals surface area contributed by atoms with Crippen LogP contribution in [0.1, 0.15) is 28.3 Å². The average Bonchev–Trinajstić information content (AvgIpc) is 2.90. The third-order valence-corrected chi connectivity index (χ3v) is 5.94. The predicted octanol–water partition coefficient (Wildman–Crippen LogP) is 6.13. The van der Waals surface area contributed by atoms with E-state index in [1.165, 1.54) is 14.2 Å². The number of ether oxygens (including phenoxy) is 2. The molecular weight excluding hydrogens is 560 g/mol. The molecule has 0 aromatic heterocycles. The van der Waals surface area contributed by atoms with Crippen LogP contribution in [0.3, 0.4) is 0 Å². The van der Waals surface area contributed by atoms with Crippen LogP contribution in [-0.2, 0) is 23.6 Å². The van der Waals surface area contributed by atoms with Crippen molar-refractivity contribution in [3.63, 3.8) is 0 Å². The van der Waals surface area contributed by atoms with Crippen LogP contribution in [0.5, 0.6) is 11.5 Å². The lowest BCUT2D eigenvalue weighted by Gasteiger charge is -2.22. The topological polar surface area (TPSA) is 71.6 Å². The number of thiocarbonyl (C=S) groups is 1. The number of carbonyl (C=O) groups is 1. The van der Waals surface area contributed by atoms with E-state index in [4.69, 9.17) is 21.7 Å². The van der Waals surface area contributed by atoms with Crippen molar-refractivity contribution in [1.29, 1.82) is 0 Å². The minimum atomic E-state index is -5.06. The fourth-order valence-corrected chi connectivity index (χ4v) is 3.95. The highest BCUT2D eigenvalue weighted by Crippen LogP contribution is 2.37. The van der Waals surface area contributed by atoms with E-state index in [1.54, 1.807) is 42.5 Å². The van der Waals surface area contributed by atoms with Crippen LogP contribution in [0.2, 0.25) is 0 Å². The Balaban J connectivity index is 1.75. The van der Waals surface area contributed by atoms with Crippen LogP contribution in [0.15, 0.2) is 66.7 Å². The molecule has 6 nitrogen and oxygen atoms in total. The highest BCUT2D eigenvalue weighted by atomic mass is 32.1. The van der Waals surface area contributed by atoms with Gasteiger partial charge < -0.3 is 25.4 Å². The first-order valence-electron chi connectivity index (χ1n) is 11.7. The molecule has 0 radical (unpaired) electrons. The van der Waals surface area contributed by atoms with Crippen LogP contribution in [-0.4, -0.2) is 31.8 Å². The number of methoxy groups -OCH3 is 2. The van der Waals surface area contributed by atoms with Gasteiger partial charge in [0, 0.05) is 12.2 Å². The maximum absolute atomic E-state index is 13.3. The summed E-state index contributed by atoms with van der Waals surface area (Å²) in [7, 11) is 3.03. The molecule has 3 aromatic carbocycles. The zero-order valence-electron chi connectivity index (χ0n) is 21.2. The number of carbonyl (C=O) groups excluding carboxylic acids is 1. The van der Waals surface area contributed by atoms with Gasteiger partial charge >= 0.3 is 12.4 Å². The maximum atomic E-state index is 13.3. The van der Waals surface area contributed by atoms with Crippen molar-refractivity contribution in [3.8, 4) is 11.5 Å². The Morgan fingerprint density at radius 2 is 1.45 bits per heavy atom. The monoisotopic (exact) mass is 585 g/mol. The van der Waals surface area contributed by atoms with E-state index in [0.29, 0.717) is 42.2 Å². The Hall–Kier alpha value is -4.00. The van der Waals surface area contributed by atoms with E-state index in [2.05, 4.69) is 16.0 Å². The van der Waals surface area contributed by atoms with Crippen molar-refractivity contribution in [2.75, 3.05) is 26.1 Å². The Bertz CT molecular complexity index is 1300. The fourth-order valence-electron chi connectivity index (χ4n) is 3.73. The summed E-state index contributed by atoms with van der Waals surface area (Å²) in [5, 5.41) is 7.94. The number of hydrogen-bond donors (Lipinski definition) is 3. The maximum Gasteiger partial charge on any atom is 0.416 e. The molecule has 3 N–H and O–H groups in total. The summed E-state index contributed by atoms with van der Waals surface area (Å²) in [6.07, 6.45) is -9.61. The van der Waals surface area contributed by atoms with Gasteiger partial charge in [0.1, 0.15) is 6.04 Å². The van der Waals surface area contributed by atoms with Crippen molar-refractivity contribution >= 4 is 28.9 Å². The van der Waals surface area contributed by atoms with Crippen LogP contribution in [0.25, 0.3) is 0 Å². The SMILES string of the molecule is COc1ccc(CCNC(=S)N[C@@H](C(=O)Nc2cc(C(F)(F)F)cc(C(F)(F)F)c2)c2ccccc2)cc1OC. The number of alkyl halides is 6. The van der Waals surface area contributed by atoms with Crippen molar-refractivity contribution in [2.45, 2.75) is 24.8 Å². The summed E-state index contributed by atoms with van der Waals surface area (Å²) in [4.78, 5) is 13.1. The molecule has 0 saturated carbocycles. The molecule has 3 aromatic rings. The second-order valence-corrected chi connectivity index (χ2v) is 8.88. The molecule has 0 saturated heterocycles. The Kier molecular flexibility index (Phi) is 9.85. The number of anilines is 1. The highest BCUT2D eigenvalue weighted by Gasteiger charge is 2.37. The molecule has 1 amide bonds. The molecule has 0 aliphatic heterocycles. The normalized spacial score (nSPS) is 12.3. The smallest absolute Gasteiger partial charge is 0.416 e. The quantitative estimate of drug-likeness (QED) is 0.208. The van der Waals surface area contributed by atoms with Crippen LogP contribution in [0.4, 0.5) is 32.0 Å². The predicted molar refractivity (Wildman–Crippen MR) is 141 cm³/mol. The summed E-state index contributed by atoms with van der Waals surface area (Å²) >= 11 is 5.31. The third kappa shape index (κ3) is 8.25. The lowest BCUT2D eigenvalue weighted by Crippen LogP contribution is -2.43. The minimum absolute atomic E-state index is 0.0139. The van der Waals surface area contributed by atoms with Crippen molar-refractivity contribution in [3.05, 3.63) is 89.0 Å². The molecule has 0 fully saturated rings. The summed E-state index contributed by atoms with van der Waals surface area (Å²) < 4.78 is 90.0. The molecular formula is C27H25F6N3O3S. The minimum Gasteiger partial charge on any atom is -0.493 e. The van der Waals surface area contributed by atoms with Gasteiger partial charge in [0.05, 0.1) is 25.3 Å². The zero-order chi connectivity index (χ0) is 29.5. The average molecular weight is 586 g/mol. The first kappa shape index (κ1) is 30.5. The van der Waals surface area contributed by atoms with E-state index in [-0.39, 0.29) is 11.2 Å². The van der Waals surface area contributed by atoms with E-state index in [1.807, 2.05) is 6.07 Å². The molecule has 1 atom stereocenters. The lowest BCUT2D eigenvalue weighted by atomic mass is 10.0. The number of hydrogen-bond acceptors (Lipinski definition) is 4. The number of nitrogens with one attached hydrogen (secondary N) is 3. The van der Waals surface area contributed by atoms with E-state index < -0.39 is 41.1 Å². The molecule has 0 spiro atoms. The third-order valence-electron chi connectivity index (χ3n) is 5.67. The van der Waals surface area contributed by atoms with Gasteiger partial charge in [0.2, 0.25) is 0 Å². The summed E-state index contributed by atoms with van der Waals surface area (Å²) in [5.41, 5.74) is -2.48. The lowest BCUT2D eigenvalue weighted by molar-refractivity contribution is -0.143. The standard InChI is InChI=1S/C27H25F6N3O3S/c1-38-21-9-8-16(12-22(21)39-2)10-11-34-25(40)36-23(17-6-4-3-5-7-17)24(37)35-20-14-18(26(28,29)30)13-19(15-20)27(31,32)33/h3-9,12-15,23H,10-11H2,1-2H3,(H,35,37)(H2,34,36,40)/t23-/m1/s1. The molecule has 0 bridgehead atoms. The number of amides is 1. The van der Waals surface area contributed by atoms with E-state index in [9.17, 15) is 31.1 Å². The molecule has 0 aliphatic rings. The molecule has 0 aliphatic carbocycles. The summed E-state index contributed by atoms with van der Waals surface area (Å²) in [5.74, 6) is 0.198. The second-order valence-electron chi connectivity index (χ2n) is 8.47. The largest absolute Gasteiger partial charge is 0.493 e. The summed E-state index contributed by atoms with van der Waals surface area (Å²) in [6, 6.07) is 13.1. The van der Waals surface area contributed by atoms with Gasteiger partial charge in [0.25, 0.3) is 5.91 Å². The van der Waals surface area contributed by atoms with Crippen LogP contribution in [0, 0.1) is 0 Å². The van der Waals surface area contributed by atoms with Crippen LogP contribution < -0.4 is 25.4 Å². The van der Waals surface area contributed by atoms with Gasteiger partial charge in [-0.2, -0.15) is 26.3 Å². The molecule has 13 heteroatoms. The van der Waals surface area contributed by atoms with Crippen molar-refractivity contribution in [1.82, 2.24) is 10.6 Å². The van der Waals surface area contributed by atoms with Crippen molar-refractivity contribution < 1.29 is 40.6 Å². The number of rotatable bonds is 9. The molecule has 0 heterocycles. The van der Waals surface area contributed by atoms with Gasteiger partial charge in [-0.15, -0.1) is 0 Å². The molecule has 3 rings (SSSR count). The van der Waals surface area contributed by atoms with E-state index in [0.717, 1.165) is 5.56 Å². The Labute approximate surface area is 231 Å². The summed E-state index contributed by atoms with van der Waals surface area (Å²) in [6.45, 7) is 0.340. The Morgan fingerprint density at radius 1 is 0.850 bits per heavy atom. The van der Waals surface area contributed by atoms with E-state index >= 15 is 0 Å². The van der Waals surface area contributed by atoms with Gasteiger partial charge in [-0.05, 0) is 60.1 Å². The number of halogens is 6. The highest BCUT2D eigenvalue weighted by molar-refractivity contribution is 7.80. The van der Waals surface area contributed by atoms with Gasteiger partial charge in [-0.3, -0.25) is 4.79 Å². The number of benzene rings is 3. The van der Waals surface area contributed by atoms with Crippen LogP contribution >= 0.6 is 12.2 Å². The molecule has 214 valence electrons. The van der Waals surface area contributed by atoms with Crippen molar-refractivity contribution in [2.24, 2.45) is 0 Å². The first-order chi connectivity index (χ1) is 18.8.